The van der Waals surface area contributed by atoms with Crippen molar-refractivity contribution < 1.29 is 18.0 Å². The van der Waals surface area contributed by atoms with Gasteiger partial charge in [0.15, 0.2) is 0 Å². The quantitative estimate of drug-likeness (QED) is 0.307. The van der Waals surface area contributed by atoms with Gasteiger partial charge in [-0.15, -0.1) is 0 Å². The van der Waals surface area contributed by atoms with Crippen LogP contribution in [-0.2, 0) is 23.0 Å². The fourth-order valence-electron chi connectivity index (χ4n) is 3.97. The molecule has 194 valence electrons. The van der Waals surface area contributed by atoms with Gasteiger partial charge in [-0.3, -0.25) is 13.9 Å². The third kappa shape index (κ3) is 7.08. The van der Waals surface area contributed by atoms with E-state index in [-0.39, 0.29) is 18.4 Å². The normalized spacial score (nSPS) is 11.0. The fourth-order valence-corrected chi connectivity index (χ4v) is 4.85. The van der Waals surface area contributed by atoms with Crippen molar-refractivity contribution in [3.8, 4) is 0 Å². The van der Waals surface area contributed by atoms with Crippen LogP contribution in [0.4, 0.5) is 11.4 Å². The van der Waals surface area contributed by atoms with E-state index >= 15 is 0 Å². The second-order valence-electron chi connectivity index (χ2n) is 8.79. The van der Waals surface area contributed by atoms with Gasteiger partial charge < -0.3 is 10.6 Å². The number of rotatable bonds is 10. The number of benzene rings is 4. The van der Waals surface area contributed by atoms with Crippen molar-refractivity contribution in [1.82, 2.24) is 5.32 Å². The van der Waals surface area contributed by atoms with E-state index in [1.807, 2.05) is 36.4 Å². The third-order valence-corrected chi connectivity index (χ3v) is 7.09. The van der Waals surface area contributed by atoms with Gasteiger partial charge in [0.2, 0.25) is 10.0 Å². The van der Waals surface area contributed by atoms with E-state index in [1.165, 1.54) is 4.31 Å². The van der Waals surface area contributed by atoms with Crippen LogP contribution in [0.3, 0.4) is 0 Å². The number of para-hydroxylation sites is 2. The molecule has 4 aromatic rings. The maximum Gasteiger partial charge on any atom is 0.255 e. The van der Waals surface area contributed by atoms with Crippen molar-refractivity contribution in [1.29, 1.82) is 0 Å². The van der Waals surface area contributed by atoms with Gasteiger partial charge in [0.05, 0.1) is 29.7 Å². The number of sulfonamides is 1. The number of hydrogen-bond acceptors (Lipinski definition) is 4. The molecule has 0 unspecified atom stereocenters. The highest BCUT2D eigenvalue weighted by Crippen LogP contribution is 2.21. The molecule has 2 N–H and O–H groups in total. The zero-order valence-electron chi connectivity index (χ0n) is 21.0. The molecular formula is C30H29N3O4S. The molecule has 0 fully saturated rings. The first-order chi connectivity index (χ1) is 18.3. The van der Waals surface area contributed by atoms with Gasteiger partial charge in [0, 0.05) is 12.1 Å². The minimum atomic E-state index is -3.50. The topological polar surface area (TPSA) is 95.6 Å². The van der Waals surface area contributed by atoms with Gasteiger partial charge >= 0.3 is 0 Å². The number of nitrogens with one attached hydrogen (secondary N) is 2. The lowest BCUT2D eigenvalue weighted by Crippen LogP contribution is -2.29. The van der Waals surface area contributed by atoms with Gasteiger partial charge in [-0.25, -0.2) is 8.42 Å². The molecule has 0 aliphatic carbocycles. The van der Waals surface area contributed by atoms with Crippen LogP contribution in [0, 0.1) is 0 Å². The highest BCUT2D eigenvalue weighted by molar-refractivity contribution is 7.92. The minimum absolute atomic E-state index is 0.136. The molecule has 2 amide bonds. The monoisotopic (exact) mass is 527 g/mol. The van der Waals surface area contributed by atoms with E-state index in [0.29, 0.717) is 35.5 Å². The second kappa shape index (κ2) is 12.2. The Balaban J connectivity index is 1.41. The van der Waals surface area contributed by atoms with Crippen molar-refractivity contribution in [3.63, 3.8) is 0 Å². The average Bonchev–Trinajstić information content (AvgIpc) is 2.92. The Morgan fingerprint density at radius 1 is 0.711 bits per heavy atom. The van der Waals surface area contributed by atoms with Crippen molar-refractivity contribution in [3.05, 3.63) is 131 Å². The van der Waals surface area contributed by atoms with Crippen LogP contribution in [0.5, 0.6) is 0 Å². The summed E-state index contributed by atoms with van der Waals surface area (Å²) in [7, 11) is -3.50. The predicted molar refractivity (Wildman–Crippen MR) is 151 cm³/mol. The zero-order valence-corrected chi connectivity index (χ0v) is 21.8. The minimum Gasteiger partial charge on any atom is -0.352 e. The molecule has 38 heavy (non-hydrogen) atoms. The van der Waals surface area contributed by atoms with Crippen LogP contribution in [-0.4, -0.2) is 33.0 Å². The Bertz CT molecular complexity index is 1490. The molecule has 4 aromatic carbocycles. The van der Waals surface area contributed by atoms with E-state index in [9.17, 15) is 18.0 Å². The maximum absolute atomic E-state index is 13.0. The van der Waals surface area contributed by atoms with Crippen LogP contribution < -0.4 is 14.9 Å². The first-order valence-corrected chi connectivity index (χ1v) is 14.0. The largest absolute Gasteiger partial charge is 0.352 e. The molecule has 0 heterocycles. The Kier molecular flexibility index (Phi) is 8.55. The number of amides is 2. The Labute approximate surface area is 223 Å². The zero-order chi connectivity index (χ0) is 27.0. The van der Waals surface area contributed by atoms with E-state index in [4.69, 9.17) is 0 Å². The number of anilines is 2. The molecule has 0 saturated heterocycles. The SMILES string of the molecule is CS(=O)(=O)N(Cc1ccc(C(=O)Nc2ccccc2C(=O)NCCc2ccccc2)cc1)c1ccccc1. The molecule has 8 heteroatoms. The molecule has 0 aliphatic heterocycles. The van der Waals surface area contributed by atoms with E-state index in [1.54, 1.807) is 72.8 Å². The van der Waals surface area contributed by atoms with E-state index in [0.717, 1.165) is 17.4 Å². The van der Waals surface area contributed by atoms with Crippen LogP contribution in [0.15, 0.2) is 109 Å². The summed E-state index contributed by atoms with van der Waals surface area (Å²) < 4.78 is 26.1. The van der Waals surface area contributed by atoms with Crippen LogP contribution in [0.25, 0.3) is 0 Å². The standard InChI is InChI=1S/C30H29N3O4S/c1-38(36,37)33(26-12-6-3-7-13-26)22-24-16-18-25(19-17-24)29(34)32-28-15-9-8-14-27(28)30(35)31-21-20-23-10-4-2-5-11-23/h2-19H,20-22H2,1H3,(H,31,35)(H,32,34). The second-order valence-corrected chi connectivity index (χ2v) is 10.7. The van der Waals surface area contributed by atoms with E-state index < -0.39 is 10.0 Å². The molecule has 0 saturated carbocycles. The van der Waals surface area contributed by atoms with Crippen molar-refractivity contribution in [2.75, 3.05) is 22.4 Å². The molecule has 0 aliphatic rings. The third-order valence-electron chi connectivity index (χ3n) is 5.95. The lowest BCUT2D eigenvalue weighted by Gasteiger charge is -2.22. The Morgan fingerprint density at radius 3 is 1.97 bits per heavy atom. The van der Waals surface area contributed by atoms with Gasteiger partial charge in [0.25, 0.3) is 11.8 Å². The van der Waals surface area contributed by atoms with E-state index in [2.05, 4.69) is 10.6 Å². The van der Waals surface area contributed by atoms with Gasteiger partial charge in [0.1, 0.15) is 0 Å². The number of carbonyl (C=O) groups excluding carboxylic acids is 2. The molecule has 0 bridgehead atoms. The smallest absolute Gasteiger partial charge is 0.255 e. The van der Waals surface area contributed by atoms with Crippen molar-refractivity contribution in [2.24, 2.45) is 0 Å². The lowest BCUT2D eigenvalue weighted by molar-refractivity contribution is 0.0955. The first-order valence-electron chi connectivity index (χ1n) is 12.2. The molecule has 0 atom stereocenters. The summed E-state index contributed by atoms with van der Waals surface area (Å²) in [4.78, 5) is 25.8. The molecule has 7 nitrogen and oxygen atoms in total. The lowest BCUT2D eigenvalue weighted by atomic mass is 10.1. The fraction of sp³-hybridized carbons (Fsp3) is 0.133. The highest BCUT2D eigenvalue weighted by Gasteiger charge is 2.18. The van der Waals surface area contributed by atoms with Gasteiger partial charge in [-0.05, 0) is 53.9 Å². The molecule has 0 radical (unpaired) electrons. The summed E-state index contributed by atoms with van der Waals surface area (Å²) in [5.41, 5.74) is 3.59. The predicted octanol–water partition coefficient (Wildman–Crippen LogP) is 4.88. The molecular weight excluding hydrogens is 498 g/mol. The van der Waals surface area contributed by atoms with Crippen molar-refractivity contribution in [2.45, 2.75) is 13.0 Å². The molecule has 4 rings (SSSR count). The summed E-state index contributed by atoms with van der Waals surface area (Å²) in [5, 5.41) is 5.73. The van der Waals surface area contributed by atoms with Crippen molar-refractivity contribution >= 4 is 33.2 Å². The van der Waals surface area contributed by atoms with Gasteiger partial charge in [-0.2, -0.15) is 0 Å². The summed E-state index contributed by atoms with van der Waals surface area (Å²) in [6, 6.07) is 32.3. The summed E-state index contributed by atoms with van der Waals surface area (Å²) >= 11 is 0. The Hall–Kier alpha value is -4.43. The van der Waals surface area contributed by atoms with Crippen LogP contribution in [0.2, 0.25) is 0 Å². The summed E-state index contributed by atoms with van der Waals surface area (Å²) in [6.45, 7) is 0.608. The molecule has 0 spiro atoms. The summed E-state index contributed by atoms with van der Waals surface area (Å²) in [5.74, 6) is -0.641. The van der Waals surface area contributed by atoms with Gasteiger partial charge in [-0.1, -0.05) is 72.8 Å². The number of carbonyl (C=O) groups is 2. The Morgan fingerprint density at radius 2 is 1.32 bits per heavy atom. The maximum atomic E-state index is 13.0. The highest BCUT2D eigenvalue weighted by atomic mass is 32.2. The number of hydrogen-bond donors (Lipinski definition) is 2. The number of nitrogens with zero attached hydrogens (tertiary/aromatic N) is 1. The first kappa shape index (κ1) is 26.6. The van der Waals surface area contributed by atoms with Crippen LogP contribution >= 0.6 is 0 Å². The molecule has 0 aromatic heterocycles. The summed E-state index contributed by atoms with van der Waals surface area (Å²) in [6.07, 6.45) is 1.87. The van der Waals surface area contributed by atoms with Crippen LogP contribution in [0.1, 0.15) is 31.8 Å². The average molecular weight is 528 g/mol.